The van der Waals surface area contributed by atoms with Crippen molar-refractivity contribution in [2.45, 2.75) is 19.6 Å². The molecule has 8 heteroatoms. The van der Waals surface area contributed by atoms with Crippen LogP contribution in [0.15, 0.2) is 48.9 Å². The maximum Gasteiger partial charge on any atom is 0.324 e. The van der Waals surface area contributed by atoms with E-state index < -0.39 is 0 Å². The number of aromatic amines is 1. The van der Waals surface area contributed by atoms with Crippen LogP contribution >= 0.6 is 0 Å². The van der Waals surface area contributed by atoms with Crippen molar-refractivity contribution >= 4 is 17.5 Å². The van der Waals surface area contributed by atoms with Crippen LogP contribution in [0.3, 0.4) is 0 Å². The zero-order chi connectivity index (χ0) is 16.9. The first kappa shape index (κ1) is 15.8. The fourth-order valence-corrected chi connectivity index (χ4v) is 2.43. The van der Waals surface area contributed by atoms with E-state index in [-0.39, 0.29) is 18.7 Å². The molecular formula is C16H18N6O2. The van der Waals surface area contributed by atoms with Gasteiger partial charge in [0.15, 0.2) is 0 Å². The molecule has 1 atom stereocenters. The molecule has 3 aromatic rings. The molecule has 0 saturated heterocycles. The molecule has 0 radical (unpaired) electrons. The maximum atomic E-state index is 11.9. The average molecular weight is 326 g/mol. The van der Waals surface area contributed by atoms with E-state index >= 15 is 0 Å². The molecule has 0 aliphatic carbocycles. The highest BCUT2D eigenvalue weighted by atomic mass is 16.3. The summed E-state index contributed by atoms with van der Waals surface area (Å²) in [4.78, 5) is 16.0. The lowest BCUT2D eigenvalue weighted by atomic mass is 10.1. The minimum atomic E-state index is -0.350. The van der Waals surface area contributed by atoms with Crippen LogP contribution in [0.1, 0.15) is 24.4 Å². The second kappa shape index (κ2) is 6.97. The predicted octanol–water partition coefficient (Wildman–Crippen LogP) is 2.35. The van der Waals surface area contributed by atoms with Crippen molar-refractivity contribution in [2.75, 3.05) is 10.6 Å². The zero-order valence-corrected chi connectivity index (χ0v) is 13.1. The maximum absolute atomic E-state index is 11.9. The Labute approximate surface area is 138 Å². The van der Waals surface area contributed by atoms with Gasteiger partial charge in [-0.1, -0.05) is 12.1 Å². The van der Waals surface area contributed by atoms with Gasteiger partial charge >= 0.3 is 6.03 Å². The van der Waals surface area contributed by atoms with Crippen LogP contribution in [0.2, 0.25) is 0 Å². The number of aliphatic hydroxyl groups excluding tert-OH is 1. The molecule has 0 bridgehead atoms. The molecule has 0 aliphatic rings. The van der Waals surface area contributed by atoms with Crippen LogP contribution < -0.4 is 10.6 Å². The Morgan fingerprint density at radius 2 is 2.04 bits per heavy atom. The number of urea groups is 1. The Bertz CT molecular complexity index is 794. The number of H-pyrrole nitrogens is 1. The van der Waals surface area contributed by atoms with Gasteiger partial charge in [0.2, 0.25) is 0 Å². The standard InChI is InChI=1S/C16H18N6O2/c1-11(22-9-8-17-15(22)10-23)12-2-4-13(5-3-12)19-16(24)20-14-6-7-18-21-14/h2-9,11,23H,10H2,1H3,(H3,18,19,20,21,24)/t11-/m1/s1. The number of aromatic nitrogens is 4. The lowest BCUT2D eigenvalue weighted by Gasteiger charge is -2.16. The van der Waals surface area contributed by atoms with Crippen LogP contribution in [0.5, 0.6) is 0 Å². The first-order valence-electron chi connectivity index (χ1n) is 7.47. The van der Waals surface area contributed by atoms with E-state index in [4.69, 9.17) is 0 Å². The Balaban J connectivity index is 1.65. The van der Waals surface area contributed by atoms with Gasteiger partial charge in [0, 0.05) is 24.1 Å². The number of imidazole rings is 1. The van der Waals surface area contributed by atoms with Crippen LogP contribution in [0, 0.1) is 0 Å². The normalized spacial score (nSPS) is 11.9. The fraction of sp³-hybridized carbons (Fsp3) is 0.188. The zero-order valence-electron chi connectivity index (χ0n) is 13.1. The van der Waals surface area contributed by atoms with Gasteiger partial charge in [-0.05, 0) is 24.6 Å². The minimum absolute atomic E-state index is 0.0301. The number of amides is 2. The molecule has 24 heavy (non-hydrogen) atoms. The average Bonchev–Trinajstić information content (AvgIpc) is 3.25. The number of anilines is 2. The number of nitrogens with zero attached hydrogens (tertiary/aromatic N) is 3. The summed E-state index contributed by atoms with van der Waals surface area (Å²) in [6.45, 7) is 1.92. The lowest BCUT2D eigenvalue weighted by Crippen LogP contribution is -2.19. The summed E-state index contributed by atoms with van der Waals surface area (Å²) >= 11 is 0. The van der Waals surface area contributed by atoms with Crippen molar-refractivity contribution in [3.63, 3.8) is 0 Å². The number of carbonyl (C=O) groups excluding carboxylic acids is 1. The molecule has 124 valence electrons. The summed E-state index contributed by atoms with van der Waals surface area (Å²) < 4.78 is 1.91. The molecule has 0 saturated carbocycles. The van der Waals surface area contributed by atoms with Crippen LogP contribution in [0.25, 0.3) is 0 Å². The van der Waals surface area contributed by atoms with Gasteiger partial charge in [-0.2, -0.15) is 5.10 Å². The number of nitrogens with one attached hydrogen (secondary N) is 3. The molecule has 1 aromatic carbocycles. The topological polar surface area (TPSA) is 108 Å². The van der Waals surface area contributed by atoms with E-state index in [0.29, 0.717) is 17.3 Å². The van der Waals surface area contributed by atoms with E-state index in [1.165, 1.54) is 0 Å². The van der Waals surface area contributed by atoms with Gasteiger partial charge in [0.1, 0.15) is 18.2 Å². The summed E-state index contributed by atoms with van der Waals surface area (Å²) in [6.07, 6.45) is 5.06. The molecule has 0 unspecified atom stereocenters. The van der Waals surface area contributed by atoms with E-state index in [1.807, 2.05) is 42.0 Å². The van der Waals surface area contributed by atoms with Crippen LogP contribution in [0.4, 0.5) is 16.3 Å². The fourth-order valence-electron chi connectivity index (χ4n) is 2.43. The Morgan fingerprint density at radius 3 is 2.71 bits per heavy atom. The van der Waals surface area contributed by atoms with Crippen molar-refractivity contribution in [1.82, 2.24) is 19.7 Å². The molecule has 8 nitrogen and oxygen atoms in total. The summed E-state index contributed by atoms with van der Waals surface area (Å²) in [7, 11) is 0. The van der Waals surface area contributed by atoms with Crippen molar-refractivity contribution in [2.24, 2.45) is 0 Å². The minimum Gasteiger partial charge on any atom is -0.388 e. The molecule has 0 aliphatic heterocycles. The second-order valence-electron chi connectivity index (χ2n) is 5.26. The van der Waals surface area contributed by atoms with E-state index in [1.54, 1.807) is 18.5 Å². The number of hydrogen-bond acceptors (Lipinski definition) is 4. The van der Waals surface area contributed by atoms with Gasteiger partial charge in [-0.15, -0.1) is 0 Å². The molecule has 0 fully saturated rings. The lowest BCUT2D eigenvalue weighted by molar-refractivity contribution is 0.262. The van der Waals surface area contributed by atoms with Crippen molar-refractivity contribution < 1.29 is 9.90 Å². The van der Waals surface area contributed by atoms with Crippen molar-refractivity contribution in [3.8, 4) is 0 Å². The summed E-state index contributed by atoms with van der Waals surface area (Å²) in [5.41, 5.74) is 1.72. The van der Waals surface area contributed by atoms with E-state index in [0.717, 1.165) is 5.56 Å². The van der Waals surface area contributed by atoms with Gasteiger partial charge in [-0.25, -0.2) is 9.78 Å². The first-order chi connectivity index (χ1) is 11.7. The number of hydrogen-bond donors (Lipinski definition) is 4. The molecule has 2 aromatic heterocycles. The molecular weight excluding hydrogens is 308 g/mol. The highest BCUT2D eigenvalue weighted by Crippen LogP contribution is 2.21. The summed E-state index contributed by atoms with van der Waals surface area (Å²) in [6, 6.07) is 8.85. The molecule has 2 amide bonds. The summed E-state index contributed by atoms with van der Waals surface area (Å²) in [5.74, 6) is 1.14. The summed E-state index contributed by atoms with van der Waals surface area (Å²) in [5, 5.41) is 21.1. The highest BCUT2D eigenvalue weighted by molar-refractivity contribution is 5.99. The van der Waals surface area contributed by atoms with Crippen LogP contribution in [-0.4, -0.2) is 30.9 Å². The van der Waals surface area contributed by atoms with Crippen molar-refractivity contribution in [3.05, 3.63) is 60.3 Å². The quantitative estimate of drug-likeness (QED) is 0.577. The van der Waals surface area contributed by atoms with Gasteiger partial charge < -0.3 is 15.0 Å². The molecule has 3 rings (SSSR count). The van der Waals surface area contributed by atoms with E-state index in [9.17, 15) is 9.90 Å². The van der Waals surface area contributed by atoms with Gasteiger partial charge in [0.25, 0.3) is 0 Å². The Hall–Kier alpha value is -3.13. The van der Waals surface area contributed by atoms with Crippen LogP contribution in [-0.2, 0) is 6.61 Å². The van der Waals surface area contributed by atoms with Gasteiger partial charge in [-0.3, -0.25) is 10.4 Å². The molecule has 2 heterocycles. The third-order valence-electron chi connectivity index (χ3n) is 3.71. The van der Waals surface area contributed by atoms with Crippen molar-refractivity contribution in [1.29, 1.82) is 0 Å². The Morgan fingerprint density at radius 1 is 1.25 bits per heavy atom. The monoisotopic (exact) mass is 326 g/mol. The largest absolute Gasteiger partial charge is 0.388 e. The smallest absolute Gasteiger partial charge is 0.324 e. The van der Waals surface area contributed by atoms with Gasteiger partial charge in [0.05, 0.1) is 12.2 Å². The molecule has 0 spiro atoms. The second-order valence-corrected chi connectivity index (χ2v) is 5.26. The number of carbonyl (C=O) groups is 1. The number of benzene rings is 1. The molecule has 4 N–H and O–H groups in total. The third kappa shape index (κ3) is 3.44. The Kier molecular flexibility index (Phi) is 4.57. The third-order valence-corrected chi connectivity index (χ3v) is 3.71. The number of rotatable bonds is 5. The number of aliphatic hydroxyl groups is 1. The SMILES string of the molecule is C[C@H](c1ccc(NC(=O)Nc2ccn[nH]2)cc1)n1ccnc1CO. The highest BCUT2D eigenvalue weighted by Gasteiger charge is 2.12. The van der Waals surface area contributed by atoms with E-state index in [2.05, 4.69) is 25.8 Å². The first-order valence-corrected chi connectivity index (χ1v) is 7.47. The predicted molar refractivity (Wildman–Crippen MR) is 89.6 cm³/mol.